The molecule has 0 N–H and O–H groups in total. The van der Waals surface area contributed by atoms with E-state index in [0.717, 1.165) is 22.8 Å². The topological polar surface area (TPSA) is 20.5 Å². The van der Waals surface area contributed by atoms with E-state index in [9.17, 15) is 0 Å². The Balaban J connectivity index is 1.21. The van der Waals surface area contributed by atoms with Gasteiger partial charge >= 0.3 is 0 Å². The van der Waals surface area contributed by atoms with Crippen LogP contribution in [0.15, 0.2) is 163 Å². The summed E-state index contributed by atoms with van der Waals surface area (Å²) in [5.74, 6) is 0.998. The lowest BCUT2D eigenvalue weighted by molar-refractivity contribution is 0.690. The predicted molar refractivity (Wildman–Crippen MR) is 196 cm³/mol. The zero-order valence-electron chi connectivity index (χ0n) is 24.8. The van der Waals surface area contributed by atoms with Crippen LogP contribution in [-0.2, 0) is 0 Å². The van der Waals surface area contributed by atoms with Gasteiger partial charge in [-0.2, -0.15) is 0 Å². The van der Waals surface area contributed by atoms with Crippen molar-refractivity contribution in [3.8, 4) is 5.69 Å². The summed E-state index contributed by atoms with van der Waals surface area (Å²) in [7, 11) is 0. The number of fused-ring (bicyclic) bond motifs is 10. The van der Waals surface area contributed by atoms with Crippen LogP contribution in [0.1, 0.15) is 17.3 Å². The van der Waals surface area contributed by atoms with Gasteiger partial charge in [-0.1, -0.05) is 121 Å². The average Bonchev–Trinajstić information content (AvgIpc) is 3.66. The molecule has 46 heavy (non-hydrogen) atoms. The molecule has 4 heteroatoms. The molecule has 0 bridgehead atoms. The quantitative estimate of drug-likeness (QED) is 0.195. The van der Waals surface area contributed by atoms with Crippen molar-refractivity contribution in [1.82, 2.24) is 4.57 Å². The SMILES string of the molecule is c1ccc(C2=NC(c3ccccc3)N2c2ccc(-n3c4ccccc4c4c5ccccc5c5c6ccccc6sc5c43)cc2)cc1. The summed E-state index contributed by atoms with van der Waals surface area (Å²) in [5, 5.41) is 7.89. The Kier molecular flexibility index (Phi) is 5.51. The number of nitrogens with zero attached hydrogens (tertiary/aromatic N) is 3. The molecule has 7 aromatic carbocycles. The van der Waals surface area contributed by atoms with Crippen LogP contribution >= 0.6 is 11.3 Å². The highest BCUT2D eigenvalue weighted by molar-refractivity contribution is 7.27. The molecule has 0 aliphatic carbocycles. The third-order valence-electron chi connectivity index (χ3n) is 9.38. The third-order valence-corrected chi connectivity index (χ3v) is 10.6. The zero-order valence-corrected chi connectivity index (χ0v) is 25.7. The molecular formula is C42H27N3S. The number of rotatable bonds is 4. The Bertz CT molecular complexity index is 2630. The summed E-state index contributed by atoms with van der Waals surface area (Å²) in [4.78, 5) is 7.46. The summed E-state index contributed by atoms with van der Waals surface area (Å²) >= 11 is 1.90. The van der Waals surface area contributed by atoms with Crippen LogP contribution in [0.5, 0.6) is 0 Å². The van der Waals surface area contributed by atoms with Gasteiger partial charge in [0.15, 0.2) is 6.17 Å². The van der Waals surface area contributed by atoms with E-state index in [0.29, 0.717) is 0 Å². The van der Waals surface area contributed by atoms with Crippen molar-refractivity contribution in [2.45, 2.75) is 6.17 Å². The van der Waals surface area contributed by atoms with Gasteiger partial charge in [-0.3, -0.25) is 4.90 Å². The van der Waals surface area contributed by atoms with Gasteiger partial charge in [0.2, 0.25) is 0 Å². The van der Waals surface area contributed by atoms with Crippen molar-refractivity contribution in [1.29, 1.82) is 0 Å². The molecule has 0 radical (unpaired) electrons. The monoisotopic (exact) mass is 605 g/mol. The van der Waals surface area contributed by atoms with E-state index in [2.05, 4.69) is 167 Å². The van der Waals surface area contributed by atoms with Gasteiger partial charge in [0.25, 0.3) is 0 Å². The van der Waals surface area contributed by atoms with Crippen LogP contribution in [0.25, 0.3) is 58.4 Å². The van der Waals surface area contributed by atoms with E-state index in [1.54, 1.807) is 0 Å². The van der Waals surface area contributed by atoms with Gasteiger partial charge in [-0.15, -0.1) is 11.3 Å². The van der Waals surface area contributed by atoms with Gasteiger partial charge in [-0.25, -0.2) is 4.99 Å². The molecule has 1 aliphatic rings. The summed E-state index contributed by atoms with van der Waals surface area (Å²) in [6, 6.07) is 56.7. The van der Waals surface area contributed by atoms with Crippen LogP contribution in [0.3, 0.4) is 0 Å². The number of hydrogen-bond donors (Lipinski definition) is 0. The molecule has 0 spiro atoms. The number of thiophene rings is 1. The Morgan fingerprint density at radius 2 is 1.09 bits per heavy atom. The van der Waals surface area contributed by atoms with Crippen LogP contribution < -0.4 is 4.90 Å². The van der Waals surface area contributed by atoms with Crippen molar-refractivity contribution < 1.29 is 0 Å². The van der Waals surface area contributed by atoms with E-state index in [1.807, 2.05) is 11.3 Å². The van der Waals surface area contributed by atoms with Crippen LogP contribution in [0.4, 0.5) is 5.69 Å². The van der Waals surface area contributed by atoms with Crippen LogP contribution in [0, 0.1) is 0 Å². The molecule has 1 aliphatic heterocycles. The highest BCUT2D eigenvalue weighted by Crippen LogP contribution is 2.48. The minimum atomic E-state index is -0.0555. The number of benzene rings is 7. The van der Waals surface area contributed by atoms with E-state index in [-0.39, 0.29) is 6.17 Å². The van der Waals surface area contributed by atoms with Gasteiger partial charge in [0.1, 0.15) is 5.84 Å². The van der Waals surface area contributed by atoms with E-state index in [1.165, 1.54) is 58.3 Å². The van der Waals surface area contributed by atoms with Crippen molar-refractivity contribution in [2.24, 2.45) is 4.99 Å². The lowest BCUT2D eigenvalue weighted by Gasteiger charge is -2.40. The number of para-hydroxylation sites is 1. The fraction of sp³-hybridized carbons (Fsp3) is 0.0238. The maximum atomic E-state index is 5.10. The minimum absolute atomic E-state index is 0.0555. The fourth-order valence-electron chi connectivity index (χ4n) is 7.37. The third kappa shape index (κ3) is 3.62. The molecule has 3 nitrogen and oxygen atoms in total. The highest BCUT2D eigenvalue weighted by atomic mass is 32.1. The van der Waals surface area contributed by atoms with Crippen LogP contribution in [-0.4, -0.2) is 10.4 Å². The molecule has 1 atom stereocenters. The maximum absolute atomic E-state index is 5.10. The molecule has 0 saturated carbocycles. The predicted octanol–water partition coefficient (Wildman–Crippen LogP) is 11.3. The molecule has 0 amide bonds. The largest absolute Gasteiger partial charge is 0.308 e. The minimum Gasteiger partial charge on any atom is -0.308 e. The van der Waals surface area contributed by atoms with E-state index >= 15 is 0 Å². The first kappa shape index (κ1) is 25.6. The molecule has 2 aromatic heterocycles. The Morgan fingerprint density at radius 1 is 0.500 bits per heavy atom. The number of amidine groups is 1. The second-order valence-corrected chi connectivity index (χ2v) is 13.0. The lowest BCUT2D eigenvalue weighted by atomic mass is 9.99. The first-order valence-corrected chi connectivity index (χ1v) is 16.5. The van der Waals surface area contributed by atoms with Gasteiger partial charge < -0.3 is 4.57 Å². The maximum Gasteiger partial charge on any atom is 0.154 e. The number of anilines is 1. The summed E-state index contributed by atoms with van der Waals surface area (Å²) in [5.41, 5.74) is 7.09. The highest BCUT2D eigenvalue weighted by Gasteiger charge is 2.34. The molecule has 9 aromatic rings. The molecular weight excluding hydrogens is 579 g/mol. The number of aromatic nitrogens is 1. The molecule has 10 rings (SSSR count). The van der Waals surface area contributed by atoms with Crippen LogP contribution in [0.2, 0.25) is 0 Å². The van der Waals surface area contributed by atoms with E-state index in [4.69, 9.17) is 4.99 Å². The van der Waals surface area contributed by atoms with Gasteiger partial charge in [0, 0.05) is 43.2 Å². The lowest BCUT2D eigenvalue weighted by Crippen LogP contribution is -2.43. The van der Waals surface area contributed by atoms with Crippen molar-refractivity contribution in [2.75, 3.05) is 4.90 Å². The molecule has 216 valence electrons. The molecule has 0 fully saturated rings. The standard InChI is InChI=1S/C42H27N3S/c1-3-13-27(14-4-1)41-43-42(28-15-5-2-6-16-28)45(41)30-25-23-29(24-26-30)44-35-21-11-9-19-33(35)37-31-17-7-8-18-32(31)38-34-20-10-12-22-36(34)46-40(38)39(37)44/h1-26,41H. The average molecular weight is 606 g/mol. The van der Waals surface area contributed by atoms with Crippen molar-refractivity contribution >= 4 is 75.6 Å². The van der Waals surface area contributed by atoms with Crippen molar-refractivity contribution in [3.63, 3.8) is 0 Å². The second-order valence-electron chi connectivity index (χ2n) is 11.9. The Morgan fingerprint density at radius 3 is 1.85 bits per heavy atom. The normalized spacial score (nSPS) is 14.8. The Hall–Kier alpha value is -5.71. The first-order valence-electron chi connectivity index (χ1n) is 15.7. The summed E-state index contributed by atoms with van der Waals surface area (Å²) in [6.45, 7) is 0. The van der Waals surface area contributed by atoms with Crippen molar-refractivity contribution in [3.05, 3.63) is 169 Å². The van der Waals surface area contributed by atoms with Gasteiger partial charge in [-0.05, 0) is 52.7 Å². The first-order chi connectivity index (χ1) is 22.8. The molecule has 3 heterocycles. The fourth-order valence-corrected chi connectivity index (χ4v) is 8.62. The number of aliphatic imine (C=N–C) groups is 1. The molecule has 0 saturated heterocycles. The smallest absolute Gasteiger partial charge is 0.154 e. The second kappa shape index (κ2) is 9.90. The number of hydrogen-bond acceptors (Lipinski definition) is 3. The zero-order chi connectivity index (χ0) is 30.2. The van der Waals surface area contributed by atoms with Gasteiger partial charge in [0.05, 0.1) is 15.7 Å². The Labute approximate surface area is 269 Å². The summed E-state index contributed by atoms with van der Waals surface area (Å²) < 4.78 is 5.13. The van der Waals surface area contributed by atoms with E-state index < -0.39 is 0 Å². The summed E-state index contributed by atoms with van der Waals surface area (Å²) in [6.07, 6.45) is -0.0555. The molecule has 1 unspecified atom stereocenters.